The van der Waals surface area contributed by atoms with E-state index in [4.69, 9.17) is 38.2 Å². The Hall–Kier alpha value is -1.04. The van der Waals surface area contributed by atoms with Gasteiger partial charge in [0.2, 0.25) is 0 Å². The summed E-state index contributed by atoms with van der Waals surface area (Å²) >= 11 is 11.7. The molecule has 14 heteroatoms. The zero-order valence-electron chi connectivity index (χ0n) is 14.7. The smallest absolute Gasteiger partial charge is 0.344 e. The summed E-state index contributed by atoms with van der Waals surface area (Å²) in [4.78, 5) is 12.4. The molecule has 2 aliphatic heterocycles. The maximum Gasteiger partial charge on any atom is 0.344 e. The molecule has 2 aliphatic rings. The Balaban J connectivity index is 1.68. The number of hydrogen-bond acceptors (Lipinski definition) is 8. The van der Waals surface area contributed by atoms with Crippen molar-refractivity contribution in [2.75, 3.05) is 37.2 Å². The molecule has 0 saturated carbocycles. The fourth-order valence-corrected chi connectivity index (χ4v) is 6.53. The van der Waals surface area contributed by atoms with Crippen LogP contribution in [0.15, 0.2) is 12.7 Å². The molecule has 4 heterocycles. The number of nitrogen functional groups attached to an aromatic ring is 1. The molecule has 0 spiro atoms. The average molecular weight is 452 g/mol. The largest absolute Gasteiger partial charge is 0.394 e. The van der Waals surface area contributed by atoms with Crippen LogP contribution in [-0.2, 0) is 13.8 Å². The van der Waals surface area contributed by atoms with Crippen LogP contribution in [0.4, 0.5) is 5.82 Å². The van der Waals surface area contributed by atoms with Crippen LogP contribution < -0.4 is 10.8 Å². The number of anilines is 1. The molecule has 0 bridgehead atoms. The van der Waals surface area contributed by atoms with Gasteiger partial charge in [0, 0.05) is 24.8 Å². The molecule has 4 rings (SSSR count). The van der Waals surface area contributed by atoms with Gasteiger partial charge >= 0.3 is 7.67 Å². The van der Waals surface area contributed by atoms with Gasteiger partial charge in [-0.2, -0.15) is 0 Å². The molecule has 4 N–H and O–H groups in total. The van der Waals surface area contributed by atoms with Crippen molar-refractivity contribution in [1.29, 1.82) is 0 Å². The maximum atomic E-state index is 13.5. The van der Waals surface area contributed by atoms with Crippen molar-refractivity contribution in [3.63, 3.8) is 0 Å². The number of fused-ring (bicyclic) bond motifs is 2. The highest BCUT2D eigenvalue weighted by molar-refractivity contribution is 7.54. The third-order valence-electron chi connectivity index (χ3n) is 4.83. The summed E-state index contributed by atoms with van der Waals surface area (Å²) in [5, 5.41) is 12.8. The predicted octanol–water partition coefficient (Wildman–Crippen LogP) is 0.543. The van der Waals surface area contributed by atoms with E-state index in [0.717, 1.165) is 0 Å². The van der Waals surface area contributed by atoms with Gasteiger partial charge in [0.15, 0.2) is 17.7 Å². The highest BCUT2D eigenvalue weighted by Gasteiger charge is 2.57. The van der Waals surface area contributed by atoms with Gasteiger partial charge in [-0.25, -0.2) is 24.7 Å². The third-order valence-corrected chi connectivity index (χ3v) is 7.46. The average Bonchev–Trinajstić information content (AvgIpc) is 3.34. The van der Waals surface area contributed by atoms with E-state index in [9.17, 15) is 9.67 Å². The normalized spacial score (nSPS) is 32.4. The first-order chi connectivity index (χ1) is 13.5. The second kappa shape index (κ2) is 8.00. The van der Waals surface area contributed by atoms with Crippen LogP contribution in [0.1, 0.15) is 6.23 Å². The Labute approximate surface area is 170 Å². The fraction of sp³-hybridized carbons (Fsp3) is 0.643. The van der Waals surface area contributed by atoms with E-state index in [2.05, 4.69) is 20.0 Å². The van der Waals surface area contributed by atoms with E-state index in [-0.39, 0.29) is 24.2 Å². The number of nitrogens with two attached hydrogens (primary N) is 1. The molecule has 11 nitrogen and oxygen atoms in total. The monoisotopic (exact) mass is 451 g/mol. The minimum atomic E-state index is -3.42. The number of imidazole rings is 1. The van der Waals surface area contributed by atoms with E-state index in [1.54, 1.807) is 9.24 Å². The lowest BCUT2D eigenvalue weighted by Gasteiger charge is -2.28. The van der Waals surface area contributed by atoms with Crippen molar-refractivity contribution in [1.82, 2.24) is 29.3 Å². The lowest BCUT2D eigenvalue weighted by Crippen LogP contribution is -2.39. The Morgan fingerprint density at radius 1 is 1.32 bits per heavy atom. The van der Waals surface area contributed by atoms with Gasteiger partial charge in [0.1, 0.15) is 24.1 Å². The standard InChI is InChI=1S/C14H20Cl2N7O4P/c15-1-3-22(4-2-16)28(25)21-9-8(5-24)26-14(11(9)27-28)23-7-20-10-12(17)18-6-19-13(10)23/h6-9,11,14,24H,1-5H2,(H,21,25)(H2,17,18,19)/t8-,9+,11-,14-,28+/m1/s1. The number of aromatic nitrogens is 4. The number of nitrogens with zero attached hydrogens (tertiary/aromatic N) is 5. The molecule has 0 radical (unpaired) electrons. The lowest BCUT2D eigenvalue weighted by molar-refractivity contribution is -0.0474. The molecule has 2 aromatic rings. The molecule has 5 atom stereocenters. The van der Waals surface area contributed by atoms with Crippen LogP contribution in [0.3, 0.4) is 0 Å². The Bertz CT molecular complexity index is 896. The van der Waals surface area contributed by atoms with Crippen LogP contribution in [0.25, 0.3) is 11.2 Å². The Morgan fingerprint density at radius 3 is 2.75 bits per heavy atom. The molecular weight excluding hydrogens is 432 g/mol. The number of ether oxygens (including phenoxy) is 1. The van der Waals surface area contributed by atoms with Crippen LogP contribution >= 0.6 is 30.9 Å². The maximum absolute atomic E-state index is 13.5. The molecule has 0 aromatic carbocycles. The number of alkyl halides is 2. The Morgan fingerprint density at radius 2 is 2.07 bits per heavy atom. The van der Waals surface area contributed by atoms with E-state index in [1.807, 2.05) is 0 Å². The molecule has 28 heavy (non-hydrogen) atoms. The van der Waals surface area contributed by atoms with Crippen molar-refractivity contribution in [3.8, 4) is 0 Å². The molecule has 2 aromatic heterocycles. The summed E-state index contributed by atoms with van der Waals surface area (Å²) in [5.41, 5.74) is 6.73. The summed E-state index contributed by atoms with van der Waals surface area (Å²) in [5.74, 6) is 0.781. The molecule has 2 saturated heterocycles. The van der Waals surface area contributed by atoms with Gasteiger partial charge in [-0.15, -0.1) is 23.2 Å². The second-order valence-corrected chi connectivity index (χ2v) is 9.24. The first-order valence-electron chi connectivity index (χ1n) is 8.65. The molecule has 0 unspecified atom stereocenters. The van der Waals surface area contributed by atoms with Crippen LogP contribution in [0.5, 0.6) is 0 Å². The van der Waals surface area contributed by atoms with Crippen molar-refractivity contribution in [2.45, 2.75) is 24.5 Å². The molecule has 154 valence electrons. The number of rotatable bonds is 7. The Kier molecular flexibility index (Phi) is 5.78. The van der Waals surface area contributed by atoms with Gasteiger partial charge < -0.3 is 15.6 Å². The number of aliphatic hydroxyl groups is 1. The van der Waals surface area contributed by atoms with E-state index >= 15 is 0 Å². The minimum absolute atomic E-state index is 0.239. The van der Waals surface area contributed by atoms with Crippen LogP contribution in [-0.4, -0.2) is 79.0 Å². The topological polar surface area (TPSA) is 141 Å². The van der Waals surface area contributed by atoms with Gasteiger partial charge in [-0.3, -0.25) is 13.7 Å². The SMILES string of the molecule is Nc1ncnc2c1ncn2[C@@H]1O[C@H](CO)[C@@H]2N[P@@](=O)(N(CCCl)CCCl)O[C@H]21. The second-order valence-electron chi connectivity index (χ2n) is 6.41. The van der Waals surface area contributed by atoms with Gasteiger partial charge in [-0.05, 0) is 0 Å². The first kappa shape index (κ1) is 20.2. The highest BCUT2D eigenvalue weighted by atomic mass is 35.5. The van der Waals surface area contributed by atoms with Crippen molar-refractivity contribution >= 4 is 47.9 Å². The third kappa shape index (κ3) is 3.29. The minimum Gasteiger partial charge on any atom is -0.394 e. The van der Waals surface area contributed by atoms with E-state index in [1.165, 1.54) is 12.7 Å². The van der Waals surface area contributed by atoms with Gasteiger partial charge in [-0.1, -0.05) is 0 Å². The summed E-state index contributed by atoms with van der Waals surface area (Å²) in [7, 11) is -3.42. The zero-order valence-corrected chi connectivity index (χ0v) is 17.1. The predicted molar refractivity (Wildman–Crippen MR) is 103 cm³/mol. The van der Waals surface area contributed by atoms with Crippen molar-refractivity contribution in [3.05, 3.63) is 12.7 Å². The summed E-state index contributed by atoms with van der Waals surface area (Å²) in [6.07, 6.45) is 0.853. The summed E-state index contributed by atoms with van der Waals surface area (Å²) in [6, 6.07) is -0.495. The summed E-state index contributed by atoms with van der Waals surface area (Å²) < 4.78 is 28.7. The highest BCUT2D eigenvalue weighted by Crippen LogP contribution is 2.58. The van der Waals surface area contributed by atoms with Crippen molar-refractivity contribution in [2.24, 2.45) is 0 Å². The van der Waals surface area contributed by atoms with Crippen molar-refractivity contribution < 1.29 is 18.9 Å². The number of aliphatic hydroxyl groups excluding tert-OH is 1. The van der Waals surface area contributed by atoms with Gasteiger partial charge in [0.05, 0.1) is 19.0 Å². The fourth-order valence-electron chi connectivity index (χ4n) is 3.54. The summed E-state index contributed by atoms with van der Waals surface area (Å²) in [6.45, 7) is 0.402. The molecule has 0 amide bonds. The number of halogens is 2. The molecule has 2 fully saturated rings. The van der Waals surface area contributed by atoms with Crippen LogP contribution in [0.2, 0.25) is 0 Å². The van der Waals surface area contributed by atoms with E-state index < -0.39 is 32.1 Å². The zero-order chi connectivity index (χ0) is 19.9. The van der Waals surface area contributed by atoms with E-state index in [0.29, 0.717) is 24.3 Å². The number of nitrogens with one attached hydrogen (secondary N) is 1. The molecule has 0 aliphatic carbocycles. The first-order valence-corrected chi connectivity index (χ1v) is 11.3. The van der Waals surface area contributed by atoms with Gasteiger partial charge in [0.25, 0.3) is 0 Å². The van der Waals surface area contributed by atoms with Crippen LogP contribution in [0, 0.1) is 0 Å². The lowest BCUT2D eigenvalue weighted by atomic mass is 10.1. The molecular formula is C14H20Cl2N7O4P. The quantitative estimate of drug-likeness (QED) is 0.403. The number of hydrogen-bond donors (Lipinski definition) is 3.